The van der Waals surface area contributed by atoms with E-state index < -0.39 is 0 Å². The van der Waals surface area contributed by atoms with Crippen LogP contribution in [0.2, 0.25) is 0 Å². The minimum atomic E-state index is 0. The van der Waals surface area contributed by atoms with E-state index in [1.54, 1.807) is 0 Å². The lowest BCUT2D eigenvalue weighted by atomic mass is 10.0. The molecular weight excluding hydrogens is 1600 g/mol. The van der Waals surface area contributed by atoms with Crippen molar-refractivity contribution in [1.29, 1.82) is 0 Å². The third kappa shape index (κ3) is 53.0. The van der Waals surface area contributed by atoms with Crippen LogP contribution >= 0.6 is 63.1 Å². The first-order valence-electron chi connectivity index (χ1n) is 43.8. The molecule has 0 atom stereocenters. The number of benzene rings is 10. The minimum absolute atomic E-state index is 0. The zero-order chi connectivity index (χ0) is 81.7. The summed E-state index contributed by atoms with van der Waals surface area (Å²) < 4.78 is 29.0. The first-order valence-corrected chi connectivity index (χ1v) is 45.8. The van der Waals surface area contributed by atoms with Gasteiger partial charge in [0.05, 0.1) is 33.0 Å². The largest absolute Gasteiger partial charge is 0.494 e. The molecule has 0 saturated carbocycles. The second-order valence-electron chi connectivity index (χ2n) is 30.3. The SMILES string of the molecule is CCCCCCCOc1ccc(CCc2ccc([S])cc2)cc1.CCCCCCCOc1ccc(CCc2ccc([S])cc2)cc1.CCCCCCCOc1ccc(CCc2ccc([S])cc2)cc1.CCCCCCCOc1ccc(CCc2ccc([S])cc2)cc1.CCCCCCCOc1ccc(CCc2ccc([S])cc2)cc1.F.F.F.F.F. The molecule has 10 aromatic carbocycles. The maximum atomic E-state index is 5.81. The van der Waals surface area contributed by atoms with Gasteiger partial charge in [0.25, 0.3) is 0 Å². The average Bonchev–Trinajstić information content (AvgIpc) is 0.908. The molecule has 0 spiro atoms. The summed E-state index contributed by atoms with van der Waals surface area (Å²) in [6.07, 6.45) is 42.4. The van der Waals surface area contributed by atoms with Crippen LogP contribution in [0.4, 0.5) is 23.5 Å². The van der Waals surface area contributed by atoms with Crippen molar-refractivity contribution >= 4 is 63.1 Å². The van der Waals surface area contributed by atoms with Gasteiger partial charge in [0.1, 0.15) is 28.7 Å². The number of aryl methyl sites for hydroxylation is 10. The second-order valence-corrected chi connectivity index (χ2v) is 32.6. The number of hydrogen-bond acceptors (Lipinski definition) is 5. The van der Waals surface area contributed by atoms with Crippen LogP contribution in [-0.4, -0.2) is 33.0 Å². The molecule has 0 aliphatic rings. The Balaban J connectivity index is 0.000000742. The summed E-state index contributed by atoms with van der Waals surface area (Å²) in [6, 6.07) is 83.9. The van der Waals surface area contributed by atoms with Crippen molar-refractivity contribution in [2.24, 2.45) is 0 Å². The van der Waals surface area contributed by atoms with Gasteiger partial charge in [0.2, 0.25) is 0 Å². The topological polar surface area (TPSA) is 46.2 Å². The predicted octanol–water partition coefficient (Wildman–Crippen LogP) is 32.6. The molecule has 0 aliphatic heterocycles. The molecular formula is C105H140F5O5S5. The fourth-order valence-electron chi connectivity index (χ4n) is 13.0. The molecule has 0 fully saturated rings. The maximum Gasteiger partial charge on any atom is 0.119 e. The molecule has 0 aromatic heterocycles. The highest BCUT2D eigenvalue weighted by Crippen LogP contribution is 2.24. The van der Waals surface area contributed by atoms with Crippen molar-refractivity contribution in [3.05, 3.63) is 298 Å². The van der Waals surface area contributed by atoms with E-state index in [-0.39, 0.29) is 23.5 Å². The van der Waals surface area contributed by atoms with Gasteiger partial charge in [-0.25, -0.2) is 0 Å². The lowest BCUT2D eigenvalue weighted by Crippen LogP contribution is -1.97. The number of rotatable bonds is 50. The molecule has 120 heavy (non-hydrogen) atoms. The van der Waals surface area contributed by atoms with E-state index in [0.717, 1.165) is 183 Å². The average molecular weight is 1740 g/mol. The van der Waals surface area contributed by atoms with Crippen LogP contribution in [0.5, 0.6) is 28.7 Å². The summed E-state index contributed by atoms with van der Waals surface area (Å²) in [7, 11) is 0. The van der Waals surface area contributed by atoms with Gasteiger partial charge in [0.15, 0.2) is 0 Å². The fourth-order valence-corrected chi connectivity index (χ4v) is 13.6. The zero-order valence-corrected chi connectivity index (χ0v) is 76.6. The van der Waals surface area contributed by atoms with Crippen LogP contribution < -0.4 is 23.7 Å². The Bertz CT molecular complexity index is 3360. The van der Waals surface area contributed by atoms with Crippen LogP contribution in [0.1, 0.15) is 251 Å². The monoisotopic (exact) mass is 1740 g/mol. The Morgan fingerprint density at radius 2 is 0.258 bits per heavy atom. The molecule has 15 heteroatoms. The molecule has 0 bridgehead atoms. The van der Waals surface area contributed by atoms with Crippen LogP contribution in [0, 0.1) is 0 Å². The zero-order valence-electron chi connectivity index (χ0n) is 72.5. The molecule has 0 unspecified atom stereocenters. The highest BCUT2D eigenvalue weighted by Gasteiger charge is 2.06. The molecule has 10 aromatic rings. The lowest BCUT2D eigenvalue weighted by Gasteiger charge is -2.07. The van der Waals surface area contributed by atoms with Gasteiger partial charge in [-0.15, -0.1) is 0 Å². The summed E-state index contributed by atoms with van der Waals surface area (Å²) in [5.74, 6) is 4.93. The first-order chi connectivity index (χ1) is 56.4. The summed E-state index contributed by atoms with van der Waals surface area (Å²) >= 11 is 25.6. The molecule has 0 saturated heterocycles. The van der Waals surface area contributed by atoms with Crippen molar-refractivity contribution in [2.75, 3.05) is 33.0 Å². The van der Waals surface area contributed by atoms with E-state index in [1.807, 2.05) is 60.7 Å². The Kier molecular flexibility index (Phi) is 65.5. The third-order valence-corrected chi connectivity index (χ3v) is 21.7. The van der Waals surface area contributed by atoms with Crippen molar-refractivity contribution in [3.63, 3.8) is 0 Å². The molecule has 0 amide bonds. The molecule has 5 nitrogen and oxygen atoms in total. The third-order valence-electron chi connectivity index (χ3n) is 20.3. The van der Waals surface area contributed by atoms with Crippen molar-refractivity contribution in [3.8, 4) is 28.7 Å². The number of unbranched alkanes of at least 4 members (excludes halogenated alkanes) is 20. The van der Waals surface area contributed by atoms with Gasteiger partial charge in [-0.2, -0.15) is 0 Å². The number of ether oxygens (including phenoxy) is 5. The quantitative estimate of drug-likeness (QED) is 0.0281. The lowest BCUT2D eigenvalue weighted by molar-refractivity contribution is 0.304. The van der Waals surface area contributed by atoms with Crippen LogP contribution in [-0.2, 0) is 64.2 Å². The van der Waals surface area contributed by atoms with Gasteiger partial charge in [0, 0.05) is 24.5 Å². The Labute approximate surface area is 748 Å². The van der Waals surface area contributed by atoms with Crippen molar-refractivity contribution in [2.45, 2.75) is 284 Å². The van der Waals surface area contributed by atoms with Gasteiger partial charge in [-0.1, -0.05) is 348 Å². The molecule has 0 aliphatic carbocycles. The highest BCUT2D eigenvalue weighted by atomic mass is 32.1. The van der Waals surface area contributed by atoms with Crippen LogP contribution in [0.15, 0.2) is 267 Å². The highest BCUT2D eigenvalue weighted by molar-refractivity contribution is 7.81. The Morgan fingerprint density at radius 3 is 0.375 bits per heavy atom. The fraction of sp³-hybridized carbons (Fsp3) is 0.429. The second kappa shape index (κ2) is 71.5. The number of hydrogen-bond donors (Lipinski definition) is 0. The summed E-state index contributed by atoms with van der Waals surface area (Å²) in [5.41, 5.74) is 13.4. The standard InChI is InChI=1S/5C21H27OS.5FH/c5*1-2-3-4-5-6-17-22-20-13-9-18(10-14-20)7-8-19-11-15-21(23)16-12-19;;;;;/h5*9-16H,2-8,17H2,1H3;5*1H. The van der Waals surface area contributed by atoms with Crippen molar-refractivity contribution in [1.82, 2.24) is 0 Å². The van der Waals surface area contributed by atoms with Gasteiger partial charge in [-0.3, -0.25) is 23.5 Å². The van der Waals surface area contributed by atoms with E-state index in [1.165, 1.54) is 184 Å². The normalized spacial score (nSPS) is 10.2. The number of halogens is 5. The Morgan fingerprint density at radius 1 is 0.150 bits per heavy atom. The molecule has 10 rings (SSSR count). The summed E-state index contributed by atoms with van der Waals surface area (Å²) in [5, 5.41) is 0. The Hall–Kier alpha value is -8.05. The maximum absolute atomic E-state index is 5.81. The first kappa shape index (κ1) is 110. The molecule has 0 N–H and O–H groups in total. The molecule has 0 heterocycles. The van der Waals surface area contributed by atoms with E-state index >= 15 is 0 Å². The van der Waals surface area contributed by atoms with Crippen LogP contribution in [0.3, 0.4) is 0 Å². The summed E-state index contributed by atoms with van der Waals surface area (Å²) in [6.45, 7) is 15.4. The van der Waals surface area contributed by atoms with Crippen LogP contribution in [0.25, 0.3) is 0 Å². The van der Waals surface area contributed by atoms with E-state index in [9.17, 15) is 0 Å². The van der Waals surface area contributed by atoms with Crippen molar-refractivity contribution < 1.29 is 47.2 Å². The smallest absolute Gasteiger partial charge is 0.119 e. The van der Waals surface area contributed by atoms with E-state index in [4.69, 9.17) is 86.8 Å². The summed E-state index contributed by atoms with van der Waals surface area (Å²) in [4.78, 5) is 4.54. The molecule has 655 valence electrons. The van der Waals surface area contributed by atoms with Gasteiger partial charge < -0.3 is 23.7 Å². The van der Waals surface area contributed by atoms with E-state index in [0.29, 0.717) is 0 Å². The molecule has 5 radical (unpaired) electrons. The minimum Gasteiger partial charge on any atom is -0.494 e. The van der Waals surface area contributed by atoms with E-state index in [2.05, 4.69) is 217 Å². The predicted molar refractivity (Wildman–Crippen MR) is 515 cm³/mol. The van der Waals surface area contributed by atoms with Gasteiger partial charge >= 0.3 is 0 Å². The van der Waals surface area contributed by atoms with Gasteiger partial charge in [-0.05, 0) is 273 Å².